The molecule has 4 aliphatic carbocycles. The van der Waals surface area contributed by atoms with Crippen molar-refractivity contribution in [2.75, 3.05) is 0 Å². The zero-order chi connectivity index (χ0) is 6.01. The first-order valence-electron chi connectivity index (χ1n) is 4.42. The van der Waals surface area contributed by atoms with Crippen molar-refractivity contribution >= 4 is 0 Å². The zero-order valence-electron chi connectivity index (χ0n) is 6.01. The first-order valence-corrected chi connectivity index (χ1v) is 4.42. The maximum absolute atomic E-state index is 2.38. The average molecular weight is 122 g/mol. The Balaban J connectivity index is 1.95. The normalized spacial score (nSPS) is 67.0. The zero-order valence-corrected chi connectivity index (χ0v) is 6.01. The van der Waals surface area contributed by atoms with Gasteiger partial charge < -0.3 is 0 Å². The van der Waals surface area contributed by atoms with Gasteiger partial charge in [-0.05, 0) is 42.4 Å². The van der Waals surface area contributed by atoms with Crippen molar-refractivity contribution in [3.8, 4) is 0 Å². The molecule has 4 fully saturated rings. The summed E-state index contributed by atoms with van der Waals surface area (Å²) >= 11 is 0. The lowest BCUT2D eigenvalue weighted by molar-refractivity contribution is 0.400. The van der Waals surface area contributed by atoms with Crippen molar-refractivity contribution in [2.24, 2.45) is 29.6 Å². The molecule has 9 heavy (non-hydrogen) atoms. The average Bonchev–Trinajstić information content (AvgIpc) is 2.40. The third-order valence-corrected chi connectivity index (χ3v) is 4.12. The molecule has 0 heteroatoms. The van der Waals surface area contributed by atoms with Gasteiger partial charge in [0.25, 0.3) is 0 Å². The highest BCUT2D eigenvalue weighted by Gasteiger charge is 2.67. The first kappa shape index (κ1) is 4.76. The molecule has 5 atom stereocenters. The van der Waals surface area contributed by atoms with E-state index in [2.05, 4.69) is 6.92 Å². The van der Waals surface area contributed by atoms with Crippen LogP contribution in [0.2, 0.25) is 0 Å². The molecule has 0 spiro atoms. The second-order valence-electron chi connectivity index (χ2n) is 4.21. The molecule has 0 aromatic carbocycles. The van der Waals surface area contributed by atoms with Gasteiger partial charge in [-0.2, -0.15) is 0 Å². The molecule has 0 heterocycles. The van der Waals surface area contributed by atoms with Crippen molar-refractivity contribution in [1.29, 1.82) is 0 Å². The lowest BCUT2D eigenvalue weighted by atomic mass is 9.96. The minimum atomic E-state index is 1.18. The Labute approximate surface area is 56.6 Å². The van der Waals surface area contributed by atoms with Crippen LogP contribution in [0, 0.1) is 29.6 Å². The van der Waals surface area contributed by atoms with Crippen molar-refractivity contribution in [3.05, 3.63) is 0 Å². The van der Waals surface area contributed by atoms with Crippen LogP contribution in [-0.4, -0.2) is 0 Å². The van der Waals surface area contributed by atoms with E-state index in [1.54, 1.807) is 12.8 Å². The molecule has 0 nitrogen and oxygen atoms in total. The molecule has 0 amide bonds. The summed E-state index contributed by atoms with van der Waals surface area (Å²) in [5.41, 5.74) is 0. The molecular weight excluding hydrogens is 108 g/mol. The van der Waals surface area contributed by atoms with Gasteiger partial charge in [-0.15, -0.1) is 0 Å². The minimum absolute atomic E-state index is 1.18. The first-order chi connectivity index (χ1) is 4.42. The summed E-state index contributed by atoms with van der Waals surface area (Å²) in [7, 11) is 0. The fourth-order valence-electron chi connectivity index (χ4n) is 3.84. The molecule has 4 saturated carbocycles. The van der Waals surface area contributed by atoms with Gasteiger partial charge >= 0.3 is 0 Å². The third-order valence-electron chi connectivity index (χ3n) is 4.12. The lowest BCUT2D eigenvalue weighted by Crippen LogP contribution is -2.01. The van der Waals surface area contributed by atoms with Crippen molar-refractivity contribution in [2.45, 2.75) is 26.2 Å². The van der Waals surface area contributed by atoms with Gasteiger partial charge in [-0.3, -0.25) is 0 Å². The monoisotopic (exact) mass is 122 g/mol. The Morgan fingerprint density at radius 1 is 1.22 bits per heavy atom. The highest BCUT2D eigenvalue weighted by Crippen LogP contribution is 2.73. The maximum Gasteiger partial charge on any atom is -0.0321 e. The molecule has 0 aromatic heterocycles. The highest BCUT2D eigenvalue weighted by atomic mass is 14.7. The third kappa shape index (κ3) is 0.367. The molecule has 0 aliphatic heterocycles. The van der Waals surface area contributed by atoms with Crippen molar-refractivity contribution < 1.29 is 0 Å². The summed E-state index contributed by atoms with van der Waals surface area (Å²) in [4.78, 5) is 0. The number of hydrogen-bond acceptors (Lipinski definition) is 0. The molecule has 4 bridgehead atoms. The van der Waals surface area contributed by atoms with Crippen LogP contribution in [0.5, 0.6) is 0 Å². The summed E-state index contributed by atoms with van der Waals surface area (Å²) in [6.07, 6.45) is 4.71. The quantitative estimate of drug-likeness (QED) is 0.500. The Hall–Kier alpha value is 0. The van der Waals surface area contributed by atoms with E-state index in [1.807, 2.05) is 0 Å². The fourth-order valence-corrected chi connectivity index (χ4v) is 3.84. The second kappa shape index (κ2) is 1.21. The van der Waals surface area contributed by atoms with Crippen LogP contribution in [0.25, 0.3) is 0 Å². The minimum Gasteiger partial charge on any atom is -0.0651 e. The molecule has 4 aliphatic rings. The molecule has 0 radical (unpaired) electrons. The smallest absolute Gasteiger partial charge is 0.0321 e. The number of rotatable bonds is 1. The van der Waals surface area contributed by atoms with Gasteiger partial charge in [0, 0.05) is 0 Å². The van der Waals surface area contributed by atoms with Crippen molar-refractivity contribution in [3.63, 3.8) is 0 Å². The molecule has 50 valence electrons. The lowest BCUT2D eigenvalue weighted by Gasteiger charge is -2.09. The van der Waals surface area contributed by atoms with E-state index in [0.29, 0.717) is 0 Å². The summed E-state index contributed by atoms with van der Waals surface area (Å²) < 4.78 is 0. The van der Waals surface area contributed by atoms with E-state index < -0.39 is 0 Å². The molecule has 0 saturated heterocycles. The van der Waals surface area contributed by atoms with E-state index in [4.69, 9.17) is 0 Å². The fraction of sp³-hybridized carbons (Fsp3) is 1.00. The Bertz CT molecular complexity index is 136. The topological polar surface area (TPSA) is 0 Å². The summed E-state index contributed by atoms with van der Waals surface area (Å²) in [5, 5.41) is 0. The summed E-state index contributed by atoms with van der Waals surface area (Å²) in [6.45, 7) is 2.38. The standard InChI is InChI=1S/C9H14/c1-2-6-5-3-7-8(4-5)9(6)7/h5-9H,2-4H2,1H3/t5?,6?,7-,8?,9?/m1/s1. The summed E-state index contributed by atoms with van der Waals surface area (Å²) in [5.74, 6) is 6.08. The molecule has 0 N–H and O–H groups in total. The van der Waals surface area contributed by atoms with Crippen LogP contribution >= 0.6 is 0 Å². The van der Waals surface area contributed by atoms with E-state index in [-0.39, 0.29) is 0 Å². The largest absolute Gasteiger partial charge is 0.0651 e. The Morgan fingerprint density at radius 2 is 1.89 bits per heavy atom. The van der Waals surface area contributed by atoms with Gasteiger partial charge in [0.05, 0.1) is 0 Å². The van der Waals surface area contributed by atoms with Gasteiger partial charge in [-0.1, -0.05) is 13.3 Å². The van der Waals surface area contributed by atoms with Gasteiger partial charge in [0.1, 0.15) is 0 Å². The molecule has 4 unspecified atom stereocenters. The predicted octanol–water partition coefficient (Wildman–Crippen LogP) is 2.30. The van der Waals surface area contributed by atoms with Gasteiger partial charge in [0.15, 0.2) is 0 Å². The number of hydrogen-bond donors (Lipinski definition) is 0. The van der Waals surface area contributed by atoms with Gasteiger partial charge in [-0.25, -0.2) is 0 Å². The van der Waals surface area contributed by atoms with Crippen LogP contribution in [0.15, 0.2) is 0 Å². The second-order valence-corrected chi connectivity index (χ2v) is 4.21. The van der Waals surface area contributed by atoms with E-state index in [1.165, 1.54) is 36.0 Å². The van der Waals surface area contributed by atoms with E-state index in [0.717, 1.165) is 0 Å². The maximum atomic E-state index is 2.38. The van der Waals surface area contributed by atoms with Crippen LogP contribution in [-0.2, 0) is 0 Å². The SMILES string of the molecule is CCC1C2CC3C1[C@@H]3C2. The van der Waals surface area contributed by atoms with Crippen LogP contribution < -0.4 is 0 Å². The van der Waals surface area contributed by atoms with Gasteiger partial charge in [0.2, 0.25) is 0 Å². The Kier molecular flexibility index (Phi) is 0.640. The molecule has 4 rings (SSSR count). The van der Waals surface area contributed by atoms with Crippen LogP contribution in [0.1, 0.15) is 26.2 Å². The Morgan fingerprint density at radius 3 is 2.11 bits per heavy atom. The molecular formula is C9H14. The highest BCUT2D eigenvalue weighted by molar-refractivity contribution is 5.15. The molecule has 0 aromatic rings. The van der Waals surface area contributed by atoms with Crippen LogP contribution in [0.3, 0.4) is 0 Å². The van der Waals surface area contributed by atoms with E-state index in [9.17, 15) is 0 Å². The predicted molar refractivity (Wildman–Crippen MR) is 37.0 cm³/mol. The van der Waals surface area contributed by atoms with Crippen molar-refractivity contribution in [1.82, 2.24) is 0 Å². The van der Waals surface area contributed by atoms with E-state index >= 15 is 0 Å². The van der Waals surface area contributed by atoms with Crippen LogP contribution in [0.4, 0.5) is 0 Å². The summed E-state index contributed by atoms with van der Waals surface area (Å²) in [6, 6.07) is 0.